The SMILES string of the molecule is CC/C=C\C/C=C\C/C=C\CCCCCCCCCC(=O)OCC(COC(=O)CCCCCCC/C=C\CCCCCC)OC(=O)CCCCCCC/C=C\C/C=C\C/C=C\CC. The topological polar surface area (TPSA) is 78.9 Å². The summed E-state index contributed by atoms with van der Waals surface area (Å²) in [5.74, 6) is -0.927. The average Bonchev–Trinajstić information content (AvgIpc) is 3.28. The Bertz CT molecular complexity index is 1240. The fourth-order valence-corrected chi connectivity index (χ4v) is 6.99. The van der Waals surface area contributed by atoms with Crippen LogP contribution in [0.15, 0.2) is 85.1 Å². The first-order valence-electron chi connectivity index (χ1n) is 26.1. The summed E-state index contributed by atoms with van der Waals surface area (Å²) in [6.45, 7) is 6.37. The minimum Gasteiger partial charge on any atom is -0.462 e. The summed E-state index contributed by atoms with van der Waals surface area (Å²) in [5.41, 5.74) is 0. The molecule has 1 atom stereocenters. The Kier molecular flexibility index (Phi) is 48.5. The minimum atomic E-state index is -0.793. The number of allylic oxidation sites excluding steroid dienone is 14. The van der Waals surface area contributed by atoms with E-state index in [1.165, 1.54) is 70.6 Å². The van der Waals surface area contributed by atoms with Gasteiger partial charge in [0.1, 0.15) is 13.2 Å². The first-order chi connectivity index (χ1) is 31.0. The summed E-state index contributed by atoms with van der Waals surface area (Å²) >= 11 is 0. The van der Waals surface area contributed by atoms with Gasteiger partial charge in [-0.15, -0.1) is 0 Å². The molecule has 0 spiro atoms. The average molecular weight is 877 g/mol. The molecule has 0 N–H and O–H groups in total. The molecule has 0 radical (unpaired) electrons. The molecule has 0 fully saturated rings. The molecule has 6 heteroatoms. The lowest BCUT2D eigenvalue weighted by Crippen LogP contribution is -2.30. The summed E-state index contributed by atoms with van der Waals surface area (Å²) in [4.78, 5) is 38.0. The van der Waals surface area contributed by atoms with Gasteiger partial charge in [-0.1, -0.05) is 196 Å². The largest absolute Gasteiger partial charge is 0.462 e. The highest BCUT2D eigenvalue weighted by Crippen LogP contribution is 2.14. The molecular weight excluding hydrogens is 781 g/mol. The minimum absolute atomic E-state index is 0.0916. The second-order valence-corrected chi connectivity index (χ2v) is 17.0. The Labute approximate surface area is 388 Å². The quantitative estimate of drug-likeness (QED) is 0.0262. The Hall–Kier alpha value is -3.41. The third kappa shape index (κ3) is 49.5. The smallest absolute Gasteiger partial charge is 0.306 e. The molecule has 0 aliphatic rings. The molecule has 0 amide bonds. The summed E-state index contributed by atoms with van der Waals surface area (Å²) in [7, 11) is 0. The van der Waals surface area contributed by atoms with Crippen molar-refractivity contribution in [3.63, 3.8) is 0 Å². The molecule has 63 heavy (non-hydrogen) atoms. The van der Waals surface area contributed by atoms with Gasteiger partial charge in [0.25, 0.3) is 0 Å². The molecule has 0 saturated heterocycles. The lowest BCUT2D eigenvalue weighted by molar-refractivity contribution is -0.167. The molecule has 0 aliphatic heterocycles. The number of carbonyl (C=O) groups is 3. The summed E-state index contributed by atoms with van der Waals surface area (Å²) < 4.78 is 16.8. The number of ether oxygens (including phenoxy) is 3. The van der Waals surface area contributed by atoms with Gasteiger partial charge in [-0.3, -0.25) is 14.4 Å². The van der Waals surface area contributed by atoms with E-state index in [0.717, 1.165) is 128 Å². The highest BCUT2D eigenvalue weighted by Gasteiger charge is 2.19. The zero-order valence-corrected chi connectivity index (χ0v) is 41.1. The zero-order valence-electron chi connectivity index (χ0n) is 41.1. The van der Waals surface area contributed by atoms with Crippen molar-refractivity contribution >= 4 is 17.9 Å². The van der Waals surface area contributed by atoms with Gasteiger partial charge in [0, 0.05) is 19.3 Å². The van der Waals surface area contributed by atoms with Gasteiger partial charge in [0.15, 0.2) is 6.10 Å². The predicted molar refractivity (Wildman–Crippen MR) is 270 cm³/mol. The van der Waals surface area contributed by atoms with Gasteiger partial charge in [0.05, 0.1) is 0 Å². The number of hydrogen-bond donors (Lipinski definition) is 0. The molecule has 0 aliphatic carbocycles. The van der Waals surface area contributed by atoms with Gasteiger partial charge in [-0.25, -0.2) is 0 Å². The van der Waals surface area contributed by atoms with Crippen molar-refractivity contribution in [1.29, 1.82) is 0 Å². The zero-order chi connectivity index (χ0) is 45.8. The lowest BCUT2D eigenvalue weighted by atomic mass is 10.1. The van der Waals surface area contributed by atoms with Crippen molar-refractivity contribution < 1.29 is 28.6 Å². The highest BCUT2D eigenvalue weighted by molar-refractivity contribution is 5.71. The number of rotatable bonds is 46. The second-order valence-electron chi connectivity index (χ2n) is 17.0. The van der Waals surface area contributed by atoms with Crippen LogP contribution in [0.5, 0.6) is 0 Å². The predicted octanol–water partition coefficient (Wildman–Crippen LogP) is 17.2. The van der Waals surface area contributed by atoms with Crippen LogP contribution >= 0.6 is 0 Å². The van der Waals surface area contributed by atoms with E-state index in [1.54, 1.807) is 0 Å². The van der Waals surface area contributed by atoms with E-state index < -0.39 is 6.10 Å². The van der Waals surface area contributed by atoms with Crippen LogP contribution in [0.3, 0.4) is 0 Å². The van der Waals surface area contributed by atoms with E-state index in [1.807, 2.05) is 0 Å². The molecule has 0 saturated carbocycles. The van der Waals surface area contributed by atoms with Crippen molar-refractivity contribution in [2.24, 2.45) is 0 Å². The maximum absolute atomic E-state index is 12.8. The summed E-state index contributed by atoms with van der Waals surface area (Å²) in [6.07, 6.45) is 65.6. The molecule has 360 valence electrons. The third-order valence-electron chi connectivity index (χ3n) is 10.9. The van der Waals surface area contributed by atoms with Crippen molar-refractivity contribution in [1.82, 2.24) is 0 Å². The monoisotopic (exact) mass is 877 g/mol. The Balaban J connectivity index is 4.43. The molecule has 0 aromatic heterocycles. The van der Waals surface area contributed by atoms with E-state index in [4.69, 9.17) is 14.2 Å². The molecule has 0 rings (SSSR count). The van der Waals surface area contributed by atoms with Crippen LogP contribution in [0.4, 0.5) is 0 Å². The molecular formula is C57H96O6. The third-order valence-corrected chi connectivity index (χ3v) is 10.9. The Morgan fingerprint density at radius 2 is 0.619 bits per heavy atom. The van der Waals surface area contributed by atoms with Crippen LogP contribution in [0, 0.1) is 0 Å². The van der Waals surface area contributed by atoms with E-state index in [-0.39, 0.29) is 31.1 Å². The molecule has 6 nitrogen and oxygen atoms in total. The normalized spacial score (nSPS) is 12.7. The highest BCUT2D eigenvalue weighted by atomic mass is 16.6. The van der Waals surface area contributed by atoms with Crippen molar-refractivity contribution in [3.8, 4) is 0 Å². The molecule has 0 heterocycles. The first-order valence-corrected chi connectivity index (χ1v) is 26.1. The van der Waals surface area contributed by atoms with Crippen LogP contribution in [0.1, 0.15) is 239 Å². The van der Waals surface area contributed by atoms with Crippen LogP contribution in [-0.2, 0) is 28.6 Å². The Morgan fingerprint density at radius 3 is 0.984 bits per heavy atom. The molecule has 0 bridgehead atoms. The first kappa shape index (κ1) is 59.6. The van der Waals surface area contributed by atoms with E-state index >= 15 is 0 Å². The van der Waals surface area contributed by atoms with E-state index in [0.29, 0.717) is 19.3 Å². The second kappa shape index (κ2) is 51.2. The van der Waals surface area contributed by atoms with Crippen molar-refractivity contribution in [2.75, 3.05) is 13.2 Å². The van der Waals surface area contributed by atoms with Gasteiger partial charge in [0.2, 0.25) is 0 Å². The van der Waals surface area contributed by atoms with Gasteiger partial charge >= 0.3 is 17.9 Å². The van der Waals surface area contributed by atoms with Crippen LogP contribution < -0.4 is 0 Å². The standard InChI is InChI=1S/C57H96O6/c1-4-7-10-13-16-19-22-25-27-28-30-32-35-38-41-44-47-50-56(59)62-53-54(52-61-55(58)49-46-43-40-37-34-31-24-21-18-15-12-9-6-3)63-57(60)51-48-45-42-39-36-33-29-26-23-20-17-14-11-8-5-2/h7-8,10-11,16-17,19-21,24-27,29,54H,4-6,9,12-15,18,22-23,28,30-53H2,1-3H3/b10-7-,11-8-,19-16-,20-17-,24-21-,27-25-,29-26-. The van der Waals surface area contributed by atoms with Gasteiger partial charge in [-0.2, -0.15) is 0 Å². The summed E-state index contributed by atoms with van der Waals surface area (Å²) in [6, 6.07) is 0. The maximum atomic E-state index is 12.8. The number of esters is 3. The lowest BCUT2D eigenvalue weighted by Gasteiger charge is -2.18. The van der Waals surface area contributed by atoms with Gasteiger partial charge < -0.3 is 14.2 Å². The van der Waals surface area contributed by atoms with Gasteiger partial charge in [-0.05, 0) is 109 Å². The number of hydrogen-bond acceptors (Lipinski definition) is 6. The molecule has 1 unspecified atom stereocenters. The fraction of sp³-hybridized carbons (Fsp3) is 0.702. The van der Waals surface area contributed by atoms with Crippen molar-refractivity contribution in [2.45, 2.75) is 245 Å². The number of carbonyl (C=O) groups excluding carboxylic acids is 3. The van der Waals surface area contributed by atoms with E-state index in [2.05, 4.69) is 106 Å². The van der Waals surface area contributed by atoms with Crippen molar-refractivity contribution in [3.05, 3.63) is 85.1 Å². The summed E-state index contributed by atoms with van der Waals surface area (Å²) in [5, 5.41) is 0. The number of unbranched alkanes of at least 4 members (excludes halogenated alkanes) is 21. The molecule has 0 aromatic carbocycles. The maximum Gasteiger partial charge on any atom is 0.306 e. The Morgan fingerprint density at radius 1 is 0.333 bits per heavy atom. The van der Waals surface area contributed by atoms with Crippen LogP contribution in [0.25, 0.3) is 0 Å². The fourth-order valence-electron chi connectivity index (χ4n) is 6.99. The van der Waals surface area contributed by atoms with E-state index in [9.17, 15) is 14.4 Å². The van der Waals surface area contributed by atoms with Crippen LogP contribution in [-0.4, -0.2) is 37.2 Å². The molecule has 0 aromatic rings. The van der Waals surface area contributed by atoms with Crippen LogP contribution in [0.2, 0.25) is 0 Å².